The number of benzene rings is 2. The van der Waals surface area contributed by atoms with Gasteiger partial charge < -0.3 is 9.67 Å². The third-order valence-corrected chi connectivity index (χ3v) is 6.26. The standard InChI is InChI=1S/C19H19ClN2O4S/c1-12-11-17(13(2)10-15(12)20)27(25,26)21-16-5-3-4-14-6-8-22(19(14)16)9-7-18(23)24/h3-6,8,10-11,21H,7,9H2,1-2H3,(H,23,24). The number of halogens is 1. The highest BCUT2D eigenvalue weighted by Gasteiger charge is 2.20. The van der Waals surface area contributed by atoms with Gasteiger partial charge in [-0.15, -0.1) is 0 Å². The summed E-state index contributed by atoms with van der Waals surface area (Å²) in [6.07, 6.45) is 1.70. The first-order chi connectivity index (χ1) is 12.7. The van der Waals surface area contributed by atoms with Gasteiger partial charge in [0.25, 0.3) is 10.0 Å². The first kappa shape index (κ1) is 19.3. The van der Waals surface area contributed by atoms with Gasteiger partial charge in [-0.25, -0.2) is 8.42 Å². The lowest BCUT2D eigenvalue weighted by Crippen LogP contribution is -2.15. The van der Waals surface area contributed by atoms with E-state index in [1.54, 1.807) is 48.9 Å². The molecule has 142 valence electrons. The number of rotatable bonds is 6. The summed E-state index contributed by atoms with van der Waals surface area (Å²) >= 11 is 6.07. The highest BCUT2D eigenvalue weighted by molar-refractivity contribution is 7.92. The van der Waals surface area contributed by atoms with E-state index in [-0.39, 0.29) is 17.9 Å². The number of fused-ring (bicyclic) bond motifs is 1. The SMILES string of the molecule is Cc1cc(S(=O)(=O)Nc2cccc3ccn(CCC(=O)O)c23)c(C)cc1Cl. The Morgan fingerprint density at radius 1 is 1.19 bits per heavy atom. The van der Waals surface area contributed by atoms with Crippen LogP contribution in [0.2, 0.25) is 5.02 Å². The van der Waals surface area contributed by atoms with Gasteiger partial charge in [0.1, 0.15) is 0 Å². The van der Waals surface area contributed by atoms with Crippen molar-refractivity contribution in [3.05, 3.63) is 58.7 Å². The van der Waals surface area contributed by atoms with Gasteiger partial charge in [0, 0.05) is 23.2 Å². The van der Waals surface area contributed by atoms with Crippen LogP contribution in [0.25, 0.3) is 10.9 Å². The molecule has 0 saturated carbocycles. The summed E-state index contributed by atoms with van der Waals surface area (Å²) in [5, 5.41) is 10.3. The number of anilines is 1. The molecule has 8 heteroatoms. The number of carboxylic acid groups (broad SMARTS) is 1. The molecule has 0 unspecified atom stereocenters. The number of aryl methyl sites for hydroxylation is 3. The Labute approximate surface area is 162 Å². The zero-order valence-corrected chi connectivity index (χ0v) is 16.4. The first-order valence-corrected chi connectivity index (χ1v) is 10.1. The number of hydrogen-bond donors (Lipinski definition) is 2. The van der Waals surface area contributed by atoms with Crippen molar-refractivity contribution in [2.24, 2.45) is 0 Å². The zero-order chi connectivity index (χ0) is 19.8. The van der Waals surface area contributed by atoms with Crippen LogP contribution in [0.15, 0.2) is 47.5 Å². The van der Waals surface area contributed by atoms with Gasteiger partial charge in [0.15, 0.2) is 0 Å². The number of carboxylic acids is 1. The monoisotopic (exact) mass is 406 g/mol. The van der Waals surface area contributed by atoms with Crippen molar-refractivity contribution in [3.63, 3.8) is 0 Å². The number of nitrogens with one attached hydrogen (secondary N) is 1. The van der Waals surface area contributed by atoms with Gasteiger partial charge in [-0.2, -0.15) is 0 Å². The average Bonchev–Trinajstić information content (AvgIpc) is 3.00. The molecule has 0 aliphatic rings. The van der Waals surface area contributed by atoms with Gasteiger partial charge in [-0.05, 0) is 49.2 Å². The lowest BCUT2D eigenvalue weighted by atomic mass is 10.2. The molecule has 0 fully saturated rings. The molecule has 3 rings (SSSR count). The molecule has 0 aliphatic heterocycles. The summed E-state index contributed by atoms with van der Waals surface area (Å²) in [7, 11) is -3.84. The van der Waals surface area contributed by atoms with Crippen molar-refractivity contribution >= 4 is 44.2 Å². The molecular weight excluding hydrogens is 388 g/mol. The van der Waals surface area contributed by atoms with E-state index in [0.717, 1.165) is 5.39 Å². The van der Waals surface area contributed by atoms with Crippen LogP contribution in [0.5, 0.6) is 0 Å². The minimum Gasteiger partial charge on any atom is -0.481 e. The lowest BCUT2D eigenvalue weighted by Gasteiger charge is -2.14. The van der Waals surface area contributed by atoms with E-state index in [4.69, 9.17) is 16.7 Å². The topological polar surface area (TPSA) is 88.4 Å². The third-order valence-electron chi connectivity index (χ3n) is 4.35. The molecule has 0 aliphatic carbocycles. The number of sulfonamides is 1. The van der Waals surface area contributed by atoms with Crippen LogP contribution in [0.1, 0.15) is 17.5 Å². The van der Waals surface area contributed by atoms with Crippen LogP contribution >= 0.6 is 11.6 Å². The summed E-state index contributed by atoms with van der Waals surface area (Å²) in [6, 6.07) is 10.3. The molecule has 1 heterocycles. The van der Waals surface area contributed by atoms with Crippen LogP contribution in [0, 0.1) is 13.8 Å². The Hall–Kier alpha value is -2.51. The fourth-order valence-electron chi connectivity index (χ4n) is 2.99. The second kappa shape index (κ2) is 7.25. The molecule has 0 bridgehead atoms. The van der Waals surface area contributed by atoms with Crippen molar-refractivity contribution < 1.29 is 18.3 Å². The van der Waals surface area contributed by atoms with Gasteiger partial charge in [0.2, 0.25) is 0 Å². The number of nitrogens with zero attached hydrogens (tertiary/aromatic N) is 1. The van der Waals surface area contributed by atoms with Gasteiger partial charge >= 0.3 is 5.97 Å². The number of aromatic nitrogens is 1. The maximum Gasteiger partial charge on any atom is 0.305 e. The smallest absolute Gasteiger partial charge is 0.305 e. The predicted molar refractivity (Wildman–Crippen MR) is 106 cm³/mol. The molecule has 2 aromatic carbocycles. The van der Waals surface area contributed by atoms with E-state index in [1.165, 1.54) is 0 Å². The van der Waals surface area contributed by atoms with Crippen LogP contribution < -0.4 is 4.72 Å². The molecular formula is C19H19ClN2O4S. The van der Waals surface area contributed by atoms with Crippen LogP contribution in [0.4, 0.5) is 5.69 Å². The van der Waals surface area contributed by atoms with Crippen LogP contribution in [-0.2, 0) is 21.4 Å². The Kier molecular flexibility index (Phi) is 5.17. The molecule has 6 nitrogen and oxygen atoms in total. The van der Waals surface area contributed by atoms with Gasteiger partial charge in [-0.1, -0.05) is 23.7 Å². The Bertz CT molecular complexity index is 1140. The van der Waals surface area contributed by atoms with Crippen LogP contribution in [-0.4, -0.2) is 24.1 Å². The molecule has 0 saturated heterocycles. The van der Waals surface area contributed by atoms with Crippen molar-refractivity contribution in [2.45, 2.75) is 31.7 Å². The first-order valence-electron chi connectivity index (χ1n) is 8.28. The summed E-state index contributed by atoms with van der Waals surface area (Å²) in [4.78, 5) is 11.0. The summed E-state index contributed by atoms with van der Waals surface area (Å²) < 4.78 is 30.3. The minimum atomic E-state index is -3.84. The second-order valence-electron chi connectivity index (χ2n) is 6.37. The second-order valence-corrected chi connectivity index (χ2v) is 8.43. The van der Waals surface area contributed by atoms with Crippen molar-refractivity contribution in [3.8, 4) is 0 Å². The summed E-state index contributed by atoms with van der Waals surface area (Å²) in [5.74, 6) is -0.915. The van der Waals surface area contributed by atoms with Crippen molar-refractivity contribution in [1.29, 1.82) is 0 Å². The Balaban J connectivity index is 2.04. The maximum atomic E-state index is 13.0. The van der Waals surface area contributed by atoms with E-state index in [9.17, 15) is 13.2 Å². The van der Waals surface area contributed by atoms with E-state index < -0.39 is 16.0 Å². The number of aliphatic carboxylic acids is 1. The fourth-order valence-corrected chi connectivity index (χ4v) is 4.59. The molecule has 0 atom stereocenters. The predicted octanol–water partition coefficient (Wildman–Crippen LogP) is 4.19. The molecule has 0 radical (unpaired) electrons. The normalized spacial score (nSPS) is 11.7. The Morgan fingerprint density at radius 2 is 1.93 bits per heavy atom. The molecule has 0 spiro atoms. The minimum absolute atomic E-state index is 0.0552. The van der Waals surface area contributed by atoms with Crippen molar-refractivity contribution in [2.75, 3.05) is 4.72 Å². The highest BCUT2D eigenvalue weighted by atomic mass is 35.5. The molecule has 0 amide bonds. The molecule has 3 aromatic rings. The number of carbonyl (C=O) groups is 1. The zero-order valence-electron chi connectivity index (χ0n) is 14.9. The van der Waals surface area contributed by atoms with E-state index in [0.29, 0.717) is 27.4 Å². The van der Waals surface area contributed by atoms with E-state index in [2.05, 4.69) is 4.72 Å². The van der Waals surface area contributed by atoms with Crippen LogP contribution in [0.3, 0.4) is 0 Å². The van der Waals surface area contributed by atoms with Crippen molar-refractivity contribution in [1.82, 2.24) is 4.57 Å². The molecule has 1 aromatic heterocycles. The molecule has 27 heavy (non-hydrogen) atoms. The van der Waals surface area contributed by atoms with Gasteiger partial charge in [0.05, 0.1) is 22.5 Å². The number of para-hydroxylation sites is 1. The fraction of sp³-hybridized carbons (Fsp3) is 0.211. The lowest BCUT2D eigenvalue weighted by molar-refractivity contribution is -0.137. The summed E-state index contributed by atoms with van der Waals surface area (Å²) in [5.41, 5.74) is 2.26. The highest BCUT2D eigenvalue weighted by Crippen LogP contribution is 2.29. The Morgan fingerprint density at radius 3 is 2.63 bits per heavy atom. The third kappa shape index (κ3) is 3.94. The van der Waals surface area contributed by atoms with E-state index >= 15 is 0 Å². The quantitative estimate of drug-likeness (QED) is 0.642. The average molecular weight is 407 g/mol. The summed E-state index contributed by atoms with van der Waals surface area (Å²) in [6.45, 7) is 3.69. The van der Waals surface area contributed by atoms with Gasteiger partial charge in [-0.3, -0.25) is 9.52 Å². The largest absolute Gasteiger partial charge is 0.481 e. The maximum absolute atomic E-state index is 13.0. The van der Waals surface area contributed by atoms with E-state index in [1.807, 2.05) is 12.1 Å². The number of hydrogen-bond acceptors (Lipinski definition) is 3. The molecule has 2 N–H and O–H groups in total.